The Kier molecular flexibility index (Phi) is 7.43. The molecular weight excluding hydrogens is 377 g/mol. The Morgan fingerprint density at radius 1 is 1.10 bits per heavy atom. The topological polar surface area (TPSA) is 79.0 Å². The van der Waals surface area contributed by atoms with Gasteiger partial charge in [-0.15, -0.1) is 0 Å². The number of hydrogen-bond donors (Lipinski definition) is 1. The van der Waals surface area contributed by atoms with Crippen LogP contribution < -0.4 is 10.1 Å². The van der Waals surface area contributed by atoms with Crippen LogP contribution in [0.3, 0.4) is 0 Å². The van der Waals surface area contributed by atoms with Gasteiger partial charge >= 0.3 is 0 Å². The van der Waals surface area contributed by atoms with E-state index in [1.165, 1.54) is 24.3 Å². The van der Waals surface area contributed by atoms with Crippen LogP contribution >= 0.6 is 0 Å². The predicted molar refractivity (Wildman–Crippen MR) is 105 cm³/mol. The van der Waals surface area contributed by atoms with E-state index in [-0.39, 0.29) is 36.1 Å². The highest BCUT2D eigenvalue weighted by Gasteiger charge is 2.30. The van der Waals surface area contributed by atoms with Crippen LogP contribution in [0, 0.1) is 11.7 Å². The maximum atomic E-state index is 12.9. The van der Waals surface area contributed by atoms with E-state index in [1.54, 1.807) is 4.90 Å². The zero-order valence-electron chi connectivity index (χ0n) is 16.6. The second-order valence-corrected chi connectivity index (χ2v) is 7.51. The van der Waals surface area contributed by atoms with E-state index in [0.717, 1.165) is 19.4 Å². The minimum atomic E-state index is -0.325. The number of benzene rings is 1. The number of carbonyl (C=O) groups excluding carboxylic acids is 3. The van der Waals surface area contributed by atoms with Crippen molar-refractivity contribution >= 4 is 17.7 Å². The van der Waals surface area contributed by atoms with Crippen molar-refractivity contribution in [1.82, 2.24) is 15.1 Å². The molecule has 29 heavy (non-hydrogen) atoms. The summed E-state index contributed by atoms with van der Waals surface area (Å²) in [6.45, 7) is 3.09. The summed E-state index contributed by atoms with van der Waals surface area (Å²) in [4.78, 5) is 39.8. The SMILES string of the molecule is O=C(NCCOc1ccc(F)cc1)[C@H]1CCC(=O)N(CCCN2CCCC2=O)C1. The zero-order valence-corrected chi connectivity index (χ0v) is 16.6. The molecule has 2 heterocycles. The molecule has 0 aromatic heterocycles. The number of likely N-dealkylation sites (tertiary alicyclic amines) is 2. The molecule has 0 aliphatic carbocycles. The lowest BCUT2D eigenvalue weighted by Crippen LogP contribution is -2.47. The van der Waals surface area contributed by atoms with Crippen LogP contribution in [-0.4, -0.2) is 66.9 Å². The molecule has 1 atom stereocenters. The second-order valence-electron chi connectivity index (χ2n) is 7.51. The van der Waals surface area contributed by atoms with Crippen molar-refractivity contribution in [1.29, 1.82) is 0 Å². The molecule has 0 radical (unpaired) electrons. The maximum absolute atomic E-state index is 12.9. The largest absolute Gasteiger partial charge is 0.492 e. The number of ether oxygens (including phenoxy) is 1. The summed E-state index contributed by atoms with van der Waals surface area (Å²) in [5, 5.41) is 2.85. The van der Waals surface area contributed by atoms with Crippen molar-refractivity contribution in [2.75, 3.05) is 39.3 Å². The molecule has 2 aliphatic heterocycles. The summed E-state index contributed by atoms with van der Waals surface area (Å²) >= 11 is 0. The summed E-state index contributed by atoms with van der Waals surface area (Å²) in [5.74, 6) is 0.170. The van der Waals surface area contributed by atoms with Crippen molar-refractivity contribution < 1.29 is 23.5 Å². The molecule has 1 aromatic rings. The van der Waals surface area contributed by atoms with Crippen molar-refractivity contribution in [3.63, 3.8) is 0 Å². The van der Waals surface area contributed by atoms with Gasteiger partial charge in [0.25, 0.3) is 0 Å². The number of carbonyl (C=O) groups is 3. The summed E-state index contributed by atoms with van der Waals surface area (Å²) in [5.41, 5.74) is 0. The highest BCUT2D eigenvalue weighted by atomic mass is 19.1. The van der Waals surface area contributed by atoms with Crippen molar-refractivity contribution in [3.8, 4) is 5.75 Å². The summed E-state index contributed by atoms with van der Waals surface area (Å²) in [6, 6.07) is 5.72. The number of rotatable bonds is 9. The van der Waals surface area contributed by atoms with E-state index in [9.17, 15) is 18.8 Å². The minimum Gasteiger partial charge on any atom is -0.492 e. The molecule has 7 nitrogen and oxygen atoms in total. The van der Waals surface area contributed by atoms with Gasteiger partial charge in [0.1, 0.15) is 18.2 Å². The first-order chi connectivity index (χ1) is 14.0. The van der Waals surface area contributed by atoms with E-state index < -0.39 is 0 Å². The number of nitrogens with one attached hydrogen (secondary N) is 1. The van der Waals surface area contributed by atoms with Gasteiger partial charge in [0.2, 0.25) is 17.7 Å². The monoisotopic (exact) mass is 405 g/mol. The molecule has 1 aromatic carbocycles. The molecule has 158 valence electrons. The first-order valence-electron chi connectivity index (χ1n) is 10.2. The molecule has 0 bridgehead atoms. The summed E-state index contributed by atoms with van der Waals surface area (Å²) in [6.07, 6.45) is 3.18. The van der Waals surface area contributed by atoms with Crippen LogP contribution in [0.5, 0.6) is 5.75 Å². The molecule has 2 fully saturated rings. The highest BCUT2D eigenvalue weighted by molar-refractivity contribution is 5.83. The quantitative estimate of drug-likeness (QED) is 0.633. The van der Waals surface area contributed by atoms with E-state index in [2.05, 4.69) is 5.32 Å². The smallest absolute Gasteiger partial charge is 0.225 e. The van der Waals surface area contributed by atoms with Crippen molar-refractivity contribution in [3.05, 3.63) is 30.1 Å². The van der Waals surface area contributed by atoms with Gasteiger partial charge in [-0.1, -0.05) is 0 Å². The molecule has 0 saturated carbocycles. The standard InChI is InChI=1S/C21H28FN3O4/c22-17-5-7-18(8-6-17)29-14-10-23-21(28)16-4-9-20(27)25(15-16)13-2-12-24-11-1-3-19(24)26/h5-8,16H,1-4,9-15H2,(H,23,28)/t16-/m0/s1. The molecule has 0 unspecified atom stereocenters. The van der Waals surface area contributed by atoms with Crippen LogP contribution in [-0.2, 0) is 14.4 Å². The third-order valence-corrected chi connectivity index (χ3v) is 5.38. The van der Waals surface area contributed by atoms with Crippen LogP contribution in [0.4, 0.5) is 4.39 Å². The normalized spacial score (nSPS) is 19.6. The van der Waals surface area contributed by atoms with Gasteiger partial charge in [0, 0.05) is 39.0 Å². The third-order valence-electron chi connectivity index (χ3n) is 5.38. The van der Waals surface area contributed by atoms with E-state index in [1.807, 2.05) is 4.90 Å². The summed E-state index contributed by atoms with van der Waals surface area (Å²) in [7, 11) is 0. The molecule has 2 aliphatic rings. The van der Waals surface area contributed by atoms with Gasteiger partial charge in [0.05, 0.1) is 12.5 Å². The maximum Gasteiger partial charge on any atom is 0.225 e. The van der Waals surface area contributed by atoms with Gasteiger partial charge in [-0.3, -0.25) is 14.4 Å². The lowest BCUT2D eigenvalue weighted by Gasteiger charge is -2.32. The molecule has 0 spiro atoms. The Balaban J connectivity index is 1.35. The van der Waals surface area contributed by atoms with Gasteiger partial charge in [0.15, 0.2) is 0 Å². The van der Waals surface area contributed by atoms with Crippen molar-refractivity contribution in [2.45, 2.75) is 32.1 Å². The van der Waals surface area contributed by atoms with Gasteiger partial charge < -0.3 is 19.9 Å². The first-order valence-corrected chi connectivity index (χ1v) is 10.2. The van der Waals surface area contributed by atoms with Gasteiger partial charge in [-0.2, -0.15) is 0 Å². The fourth-order valence-corrected chi connectivity index (χ4v) is 3.76. The number of amides is 3. The Morgan fingerprint density at radius 2 is 1.83 bits per heavy atom. The highest BCUT2D eigenvalue weighted by Crippen LogP contribution is 2.19. The Hall–Kier alpha value is -2.64. The Bertz CT molecular complexity index is 725. The molecule has 3 amide bonds. The van der Waals surface area contributed by atoms with Crippen LogP contribution in [0.2, 0.25) is 0 Å². The fraction of sp³-hybridized carbons (Fsp3) is 0.571. The lowest BCUT2D eigenvalue weighted by molar-refractivity contribution is -0.138. The third kappa shape index (κ3) is 6.17. The second kappa shape index (κ2) is 10.2. The molecule has 1 N–H and O–H groups in total. The van der Waals surface area contributed by atoms with Gasteiger partial charge in [-0.05, 0) is 43.5 Å². The molecule has 8 heteroatoms. The van der Waals surface area contributed by atoms with Gasteiger partial charge in [-0.25, -0.2) is 4.39 Å². The molecular formula is C21H28FN3O4. The lowest BCUT2D eigenvalue weighted by atomic mass is 9.96. The van der Waals surface area contributed by atoms with Crippen molar-refractivity contribution in [2.24, 2.45) is 5.92 Å². The Morgan fingerprint density at radius 3 is 2.55 bits per heavy atom. The zero-order chi connectivity index (χ0) is 20.6. The number of piperidine rings is 1. The average molecular weight is 405 g/mol. The predicted octanol–water partition coefficient (Wildman–Crippen LogP) is 1.57. The van der Waals surface area contributed by atoms with E-state index >= 15 is 0 Å². The average Bonchev–Trinajstić information content (AvgIpc) is 3.12. The van der Waals surface area contributed by atoms with Crippen LogP contribution in [0.1, 0.15) is 32.1 Å². The van der Waals surface area contributed by atoms with E-state index in [4.69, 9.17) is 4.74 Å². The van der Waals surface area contributed by atoms with Crippen LogP contribution in [0.25, 0.3) is 0 Å². The van der Waals surface area contributed by atoms with E-state index in [0.29, 0.717) is 51.2 Å². The minimum absolute atomic E-state index is 0.0708. The number of nitrogens with zero attached hydrogens (tertiary/aromatic N) is 2. The first kappa shape index (κ1) is 21.1. The van der Waals surface area contributed by atoms with Crippen LogP contribution in [0.15, 0.2) is 24.3 Å². The fourth-order valence-electron chi connectivity index (χ4n) is 3.76. The number of halogens is 1. The molecule has 3 rings (SSSR count). The number of hydrogen-bond acceptors (Lipinski definition) is 4. The Labute approximate surface area is 170 Å². The summed E-state index contributed by atoms with van der Waals surface area (Å²) < 4.78 is 18.3. The molecule has 2 saturated heterocycles.